The van der Waals surface area contributed by atoms with E-state index in [1.807, 2.05) is 24.3 Å². The van der Waals surface area contributed by atoms with Crippen LogP contribution in [-0.4, -0.2) is 27.8 Å². The second kappa shape index (κ2) is 5.89. The number of halogens is 3. The molecule has 1 aliphatic heterocycles. The molecule has 0 saturated heterocycles. The van der Waals surface area contributed by atoms with Crippen LogP contribution in [0.25, 0.3) is 0 Å². The average Bonchev–Trinajstić information content (AvgIpc) is 2.78. The number of fused-ring (bicyclic) bond motifs is 2. The highest BCUT2D eigenvalue weighted by Gasteiger charge is 2.35. The van der Waals surface area contributed by atoms with Gasteiger partial charge in [-0.15, -0.1) is 0 Å². The normalized spacial score (nSPS) is 14.0. The third kappa shape index (κ3) is 3.01. The molecule has 0 saturated carbocycles. The van der Waals surface area contributed by atoms with Crippen molar-refractivity contribution < 1.29 is 9.59 Å². The number of carbonyl (C=O) groups is 2. The zero-order valence-electron chi connectivity index (χ0n) is 11.8. The van der Waals surface area contributed by atoms with Gasteiger partial charge in [-0.1, -0.05) is 53.0 Å². The number of Topliss-reactive ketones (excluding diaryl/α,β-unsaturated/α-hetero) is 1. The zero-order chi connectivity index (χ0) is 16.8. The molecule has 0 atom stereocenters. The number of benzene rings is 1. The van der Waals surface area contributed by atoms with Crippen molar-refractivity contribution in [2.45, 2.75) is 16.9 Å². The monoisotopic (exact) mass is 366 g/mol. The molecule has 3 rings (SSSR count). The van der Waals surface area contributed by atoms with Gasteiger partial charge in [0.2, 0.25) is 13.6 Å². The lowest BCUT2D eigenvalue weighted by Gasteiger charge is -2.21. The number of rotatable bonds is 1. The van der Waals surface area contributed by atoms with Gasteiger partial charge in [-0.05, 0) is 23.8 Å². The van der Waals surface area contributed by atoms with E-state index in [1.165, 1.54) is 4.90 Å². The van der Waals surface area contributed by atoms with E-state index in [-0.39, 0.29) is 12.2 Å². The molecular formula is C15H10BCl3N2O2. The van der Waals surface area contributed by atoms with Gasteiger partial charge in [0.25, 0.3) is 3.79 Å². The Morgan fingerprint density at radius 1 is 1.04 bits per heavy atom. The summed E-state index contributed by atoms with van der Waals surface area (Å²) in [5.41, 5.74) is 2.56. The van der Waals surface area contributed by atoms with Crippen LogP contribution < -0.4 is 4.90 Å². The maximum atomic E-state index is 12.3. The Morgan fingerprint density at radius 2 is 1.74 bits per heavy atom. The standard InChI is InChI=1S/C15H10BCl3N2O2/c16-14(23)21-8-10-5-6-12(13(22)15(17,18)19)20(10)7-9-3-1-2-4-11(9)21/h1-6H,7-8H2. The van der Waals surface area contributed by atoms with Crippen LogP contribution in [0.5, 0.6) is 0 Å². The lowest BCUT2D eigenvalue weighted by Crippen LogP contribution is -2.29. The Hall–Kier alpha value is -1.43. The minimum atomic E-state index is -2.04. The maximum absolute atomic E-state index is 12.3. The van der Waals surface area contributed by atoms with Crippen LogP contribution in [0.1, 0.15) is 21.7 Å². The quantitative estimate of drug-likeness (QED) is 0.438. The van der Waals surface area contributed by atoms with Gasteiger partial charge in [0.1, 0.15) is 0 Å². The summed E-state index contributed by atoms with van der Waals surface area (Å²) in [6.45, 7) is 0.615. The minimum absolute atomic E-state index is 0.236. The largest absolute Gasteiger partial charge is 0.336 e. The molecule has 1 amide bonds. The summed E-state index contributed by atoms with van der Waals surface area (Å²) in [4.78, 5) is 25.6. The van der Waals surface area contributed by atoms with Gasteiger partial charge in [-0.25, -0.2) is 0 Å². The summed E-state index contributed by atoms with van der Waals surface area (Å²) in [5, 5.41) is 0. The third-order valence-corrected chi connectivity index (χ3v) is 4.27. The molecule has 0 bridgehead atoms. The van der Waals surface area contributed by atoms with E-state index < -0.39 is 15.4 Å². The van der Waals surface area contributed by atoms with Crippen molar-refractivity contribution in [3.05, 3.63) is 53.3 Å². The summed E-state index contributed by atoms with van der Waals surface area (Å²) in [7, 11) is 5.49. The number of para-hydroxylation sites is 1. The Kier molecular flexibility index (Phi) is 4.21. The lowest BCUT2D eigenvalue weighted by atomic mass is 10.1. The van der Waals surface area contributed by atoms with E-state index in [4.69, 9.17) is 42.6 Å². The first-order chi connectivity index (χ1) is 10.8. The zero-order valence-corrected chi connectivity index (χ0v) is 14.1. The van der Waals surface area contributed by atoms with E-state index >= 15 is 0 Å². The van der Waals surface area contributed by atoms with Crippen LogP contribution in [0, 0.1) is 0 Å². The van der Waals surface area contributed by atoms with Crippen molar-refractivity contribution in [2.24, 2.45) is 0 Å². The summed E-state index contributed by atoms with van der Waals surface area (Å²) < 4.78 is -0.295. The van der Waals surface area contributed by atoms with Crippen LogP contribution in [0.3, 0.4) is 0 Å². The molecule has 0 fully saturated rings. The fourth-order valence-electron chi connectivity index (χ4n) is 2.70. The molecule has 0 spiro atoms. The second-order valence-electron chi connectivity index (χ2n) is 5.18. The highest BCUT2D eigenvalue weighted by molar-refractivity contribution is 6.77. The SMILES string of the molecule is [B]C(=O)N1Cc2ccc(C(=O)C(Cl)(Cl)Cl)n2Cc2ccccc21. The van der Waals surface area contributed by atoms with Gasteiger partial charge in [0.15, 0.2) is 5.81 Å². The smallest absolute Gasteiger partial charge is 0.255 e. The van der Waals surface area contributed by atoms with E-state index in [0.717, 1.165) is 11.3 Å². The molecule has 116 valence electrons. The number of aromatic nitrogens is 1. The molecular weight excluding hydrogens is 357 g/mol. The summed E-state index contributed by atoms with van der Waals surface area (Å²) in [6.07, 6.45) is 0. The highest BCUT2D eigenvalue weighted by atomic mass is 35.6. The van der Waals surface area contributed by atoms with Crippen LogP contribution in [-0.2, 0) is 13.1 Å². The highest BCUT2D eigenvalue weighted by Crippen LogP contribution is 2.34. The lowest BCUT2D eigenvalue weighted by molar-refractivity contribution is 0.0987. The van der Waals surface area contributed by atoms with Gasteiger partial charge < -0.3 is 9.47 Å². The molecule has 0 N–H and O–H groups in total. The topological polar surface area (TPSA) is 42.3 Å². The summed E-state index contributed by atoms with van der Waals surface area (Å²) in [6, 6.07) is 10.7. The predicted octanol–water partition coefficient (Wildman–Crippen LogP) is 3.70. The van der Waals surface area contributed by atoms with Gasteiger partial charge in [-0.3, -0.25) is 9.59 Å². The van der Waals surface area contributed by atoms with Crippen LogP contribution in [0.4, 0.5) is 10.5 Å². The molecule has 23 heavy (non-hydrogen) atoms. The van der Waals surface area contributed by atoms with Gasteiger partial charge in [0.05, 0.1) is 18.8 Å². The Labute approximate surface area is 149 Å². The fraction of sp³-hybridized carbons (Fsp3) is 0.200. The molecule has 0 unspecified atom stereocenters. The molecule has 1 aliphatic rings. The fourth-order valence-corrected chi connectivity index (χ4v) is 2.99. The number of alkyl halides is 3. The van der Waals surface area contributed by atoms with Crippen molar-refractivity contribution in [3.63, 3.8) is 0 Å². The Morgan fingerprint density at radius 3 is 2.39 bits per heavy atom. The van der Waals surface area contributed by atoms with Crippen LogP contribution in [0.2, 0.25) is 0 Å². The van der Waals surface area contributed by atoms with Crippen molar-refractivity contribution >= 4 is 59.9 Å². The van der Waals surface area contributed by atoms with E-state index in [2.05, 4.69) is 0 Å². The summed E-state index contributed by atoms with van der Waals surface area (Å²) >= 11 is 17.2. The first-order valence-corrected chi connectivity index (χ1v) is 7.87. The van der Waals surface area contributed by atoms with Crippen LogP contribution in [0.15, 0.2) is 36.4 Å². The number of hydrogen-bond donors (Lipinski definition) is 0. The number of ketones is 1. The number of nitrogens with zero attached hydrogens (tertiary/aromatic N) is 2. The van der Waals surface area contributed by atoms with Crippen molar-refractivity contribution in [1.82, 2.24) is 4.57 Å². The Bertz CT molecular complexity index is 798. The Balaban J connectivity index is 2.13. The summed E-state index contributed by atoms with van der Waals surface area (Å²) in [5.74, 6) is -1.18. The van der Waals surface area contributed by atoms with Crippen molar-refractivity contribution in [1.29, 1.82) is 0 Å². The molecule has 2 heterocycles. The van der Waals surface area contributed by atoms with Crippen molar-refractivity contribution in [3.8, 4) is 0 Å². The maximum Gasteiger partial charge on any atom is 0.255 e. The molecule has 1 aromatic carbocycles. The predicted molar refractivity (Wildman–Crippen MR) is 91.9 cm³/mol. The third-order valence-electron chi connectivity index (χ3n) is 3.76. The molecule has 8 heteroatoms. The van der Waals surface area contributed by atoms with Crippen LogP contribution >= 0.6 is 34.8 Å². The van der Waals surface area contributed by atoms with E-state index in [1.54, 1.807) is 16.7 Å². The number of amides is 1. The first-order valence-electron chi connectivity index (χ1n) is 6.74. The molecule has 1 aromatic heterocycles. The van der Waals surface area contributed by atoms with Gasteiger partial charge in [-0.2, -0.15) is 0 Å². The minimum Gasteiger partial charge on any atom is -0.336 e. The second-order valence-corrected chi connectivity index (χ2v) is 7.46. The van der Waals surface area contributed by atoms with E-state index in [0.29, 0.717) is 12.2 Å². The van der Waals surface area contributed by atoms with E-state index in [9.17, 15) is 9.59 Å². The number of hydrogen-bond acceptors (Lipinski definition) is 2. The molecule has 2 aromatic rings. The van der Waals surface area contributed by atoms with Crippen molar-refractivity contribution in [2.75, 3.05) is 4.90 Å². The molecule has 4 nitrogen and oxygen atoms in total. The molecule has 2 radical (unpaired) electrons. The van der Waals surface area contributed by atoms with Gasteiger partial charge >= 0.3 is 0 Å². The molecule has 0 aliphatic carbocycles. The average molecular weight is 367 g/mol. The first kappa shape index (κ1) is 16.4. The number of anilines is 1. The number of carbonyl (C=O) groups excluding carboxylic acids is 2. The van der Waals surface area contributed by atoms with Gasteiger partial charge in [0, 0.05) is 11.4 Å².